The number of hydrogen-bond donors (Lipinski definition) is 2. The molecule has 0 spiro atoms. The fraction of sp³-hybridized carbons (Fsp3) is 0.333. The quantitative estimate of drug-likeness (QED) is 0.793. The van der Waals surface area contributed by atoms with E-state index < -0.39 is 24.0 Å². The maximum Gasteiger partial charge on any atom is 0.361 e. The van der Waals surface area contributed by atoms with Gasteiger partial charge in [0, 0.05) is 11.6 Å². The summed E-state index contributed by atoms with van der Waals surface area (Å²) < 4.78 is 10.6. The first-order valence-corrected chi connectivity index (χ1v) is 8.13. The first-order chi connectivity index (χ1) is 12.3. The van der Waals surface area contributed by atoms with Crippen molar-refractivity contribution in [2.75, 3.05) is 0 Å². The number of amides is 3. The molecule has 1 aromatic heterocycles. The molecule has 1 heterocycles. The maximum atomic E-state index is 12.3. The molecule has 0 saturated heterocycles. The van der Waals surface area contributed by atoms with E-state index in [1.165, 1.54) is 6.92 Å². The Morgan fingerprint density at radius 2 is 1.77 bits per heavy atom. The van der Waals surface area contributed by atoms with E-state index in [0.717, 1.165) is 0 Å². The van der Waals surface area contributed by atoms with E-state index in [1.54, 1.807) is 32.9 Å². The van der Waals surface area contributed by atoms with E-state index in [1.807, 2.05) is 18.2 Å². The number of imide groups is 1. The smallest absolute Gasteiger partial charge is 0.361 e. The minimum Gasteiger partial charge on any atom is -0.448 e. The van der Waals surface area contributed by atoms with Gasteiger partial charge in [-0.1, -0.05) is 18.2 Å². The molecule has 2 rings (SSSR count). The third-order valence-electron chi connectivity index (χ3n) is 3.32. The molecule has 0 aliphatic heterocycles. The second-order valence-corrected chi connectivity index (χ2v) is 5.95. The summed E-state index contributed by atoms with van der Waals surface area (Å²) in [5.74, 6) is -0.983. The lowest BCUT2D eigenvalue weighted by Gasteiger charge is -2.13. The molecule has 1 atom stereocenters. The molecule has 0 saturated carbocycles. The predicted molar refractivity (Wildman–Crippen MR) is 93.4 cm³/mol. The lowest BCUT2D eigenvalue weighted by atomic mass is 10.2. The number of carbonyl (C=O) groups excluding carboxylic acids is 3. The molecule has 0 radical (unpaired) electrons. The van der Waals surface area contributed by atoms with Gasteiger partial charge >= 0.3 is 12.0 Å². The zero-order valence-corrected chi connectivity index (χ0v) is 15.0. The fourth-order valence-corrected chi connectivity index (χ4v) is 2.07. The summed E-state index contributed by atoms with van der Waals surface area (Å²) in [4.78, 5) is 39.9. The standard InChI is InChI=1S/C18H21N3O5/c1-10(2)19-18(24)21-15(22)12(4)26-17(23)14-11(3)25-16(20-14)13-8-6-5-7-9-13/h5-10,12H,1-4H3,(H2,19,21,22,24)/t12-/m0/s1. The van der Waals surface area contributed by atoms with Crippen LogP contribution >= 0.6 is 0 Å². The minimum absolute atomic E-state index is 0.0184. The highest BCUT2D eigenvalue weighted by molar-refractivity contribution is 5.98. The Bertz CT molecular complexity index is 798. The number of benzene rings is 1. The summed E-state index contributed by atoms with van der Waals surface area (Å²) in [6.07, 6.45) is -1.17. The average Bonchev–Trinajstić information content (AvgIpc) is 2.96. The van der Waals surface area contributed by atoms with Crippen molar-refractivity contribution >= 4 is 17.9 Å². The molecule has 138 valence electrons. The SMILES string of the molecule is Cc1oc(-c2ccccc2)nc1C(=O)O[C@@H](C)C(=O)NC(=O)NC(C)C. The number of urea groups is 1. The van der Waals surface area contributed by atoms with Crippen molar-refractivity contribution in [3.63, 3.8) is 0 Å². The van der Waals surface area contributed by atoms with Crippen LogP contribution in [0.2, 0.25) is 0 Å². The number of carbonyl (C=O) groups is 3. The fourth-order valence-electron chi connectivity index (χ4n) is 2.07. The molecule has 8 nitrogen and oxygen atoms in total. The minimum atomic E-state index is -1.17. The Hall–Kier alpha value is -3.16. The van der Waals surface area contributed by atoms with Gasteiger partial charge in [0.05, 0.1) is 0 Å². The molecular formula is C18H21N3O5. The highest BCUT2D eigenvalue weighted by Crippen LogP contribution is 2.22. The summed E-state index contributed by atoms with van der Waals surface area (Å²) in [5, 5.41) is 4.61. The molecule has 2 aromatic rings. The Morgan fingerprint density at radius 1 is 1.12 bits per heavy atom. The molecule has 0 aliphatic rings. The van der Waals surface area contributed by atoms with Crippen LogP contribution in [0, 0.1) is 6.92 Å². The highest BCUT2D eigenvalue weighted by Gasteiger charge is 2.25. The third kappa shape index (κ3) is 4.92. The van der Waals surface area contributed by atoms with Gasteiger partial charge in [-0.15, -0.1) is 0 Å². The molecule has 0 bridgehead atoms. The molecule has 0 aliphatic carbocycles. The van der Waals surface area contributed by atoms with Crippen molar-refractivity contribution in [3.8, 4) is 11.5 Å². The van der Waals surface area contributed by atoms with E-state index in [2.05, 4.69) is 15.6 Å². The number of esters is 1. The Labute approximate surface area is 150 Å². The molecule has 1 aromatic carbocycles. The van der Waals surface area contributed by atoms with Crippen molar-refractivity contribution in [1.82, 2.24) is 15.6 Å². The predicted octanol–water partition coefficient (Wildman–Crippen LogP) is 2.43. The van der Waals surface area contributed by atoms with E-state index in [4.69, 9.17) is 9.15 Å². The van der Waals surface area contributed by atoms with Crippen molar-refractivity contribution in [3.05, 3.63) is 41.8 Å². The maximum absolute atomic E-state index is 12.3. The number of hydrogen-bond acceptors (Lipinski definition) is 6. The summed E-state index contributed by atoms with van der Waals surface area (Å²) in [6.45, 7) is 6.45. The number of aromatic nitrogens is 1. The zero-order chi connectivity index (χ0) is 19.3. The summed E-state index contributed by atoms with van der Waals surface area (Å²) in [6, 6.07) is 8.30. The molecular weight excluding hydrogens is 338 g/mol. The highest BCUT2D eigenvalue weighted by atomic mass is 16.5. The van der Waals surface area contributed by atoms with Crippen LogP contribution < -0.4 is 10.6 Å². The van der Waals surface area contributed by atoms with Crippen LogP contribution in [0.5, 0.6) is 0 Å². The lowest BCUT2D eigenvalue weighted by Crippen LogP contribution is -2.46. The lowest BCUT2D eigenvalue weighted by molar-refractivity contribution is -0.127. The molecule has 0 unspecified atom stereocenters. The number of ether oxygens (including phenoxy) is 1. The van der Waals surface area contributed by atoms with Crippen LogP contribution in [-0.4, -0.2) is 35.0 Å². The zero-order valence-electron chi connectivity index (χ0n) is 15.0. The first-order valence-electron chi connectivity index (χ1n) is 8.13. The first kappa shape index (κ1) is 19.2. The summed E-state index contributed by atoms with van der Waals surface area (Å²) in [5.41, 5.74) is 0.695. The number of nitrogens with zero attached hydrogens (tertiary/aromatic N) is 1. The summed E-state index contributed by atoms with van der Waals surface area (Å²) in [7, 11) is 0. The van der Waals surface area contributed by atoms with Gasteiger partial charge in [0.25, 0.3) is 5.91 Å². The Balaban J connectivity index is 2.02. The summed E-state index contributed by atoms with van der Waals surface area (Å²) >= 11 is 0. The largest absolute Gasteiger partial charge is 0.448 e. The van der Waals surface area contributed by atoms with Crippen LogP contribution in [0.4, 0.5) is 4.79 Å². The van der Waals surface area contributed by atoms with Crippen LogP contribution in [-0.2, 0) is 9.53 Å². The van der Waals surface area contributed by atoms with E-state index in [-0.39, 0.29) is 23.4 Å². The van der Waals surface area contributed by atoms with Gasteiger partial charge in [0.1, 0.15) is 5.76 Å². The van der Waals surface area contributed by atoms with Gasteiger partial charge in [-0.05, 0) is 39.8 Å². The normalized spacial score (nSPS) is 11.7. The second-order valence-electron chi connectivity index (χ2n) is 5.95. The van der Waals surface area contributed by atoms with Crippen molar-refractivity contribution in [1.29, 1.82) is 0 Å². The monoisotopic (exact) mass is 359 g/mol. The van der Waals surface area contributed by atoms with Crippen molar-refractivity contribution in [2.24, 2.45) is 0 Å². The number of rotatable bonds is 5. The third-order valence-corrected chi connectivity index (χ3v) is 3.32. The number of aryl methyl sites for hydroxylation is 1. The molecule has 8 heteroatoms. The topological polar surface area (TPSA) is 111 Å². The van der Waals surface area contributed by atoms with E-state index in [9.17, 15) is 14.4 Å². The van der Waals surface area contributed by atoms with Crippen LogP contribution in [0.1, 0.15) is 37.0 Å². The Kier molecular flexibility index (Phi) is 6.11. The molecule has 0 fully saturated rings. The van der Waals surface area contributed by atoms with Gasteiger partial charge in [-0.2, -0.15) is 0 Å². The van der Waals surface area contributed by atoms with Gasteiger partial charge in [-0.3, -0.25) is 10.1 Å². The van der Waals surface area contributed by atoms with E-state index in [0.29, 0.717) is 5.56 Å². The Morgan fingerprint density at radius 3 is 2.38 bits per heavy atom. The van der Waals surface area contributed by atoms with Gasteiger partial charge in [0.2, 0.25) is 5.89 Å². The number of nitrogens with one attached hydrogen (secondary N) is 2. The van der Waals surface area contributed by atoms with Gasteiger partial charge < -0.3 is 14.5 Å². The van der Waals surface area contributed by atoms with Crippen LogP contribution in [0.15, 0.2) is 34.7 Å². The van der Waals surface area contributed by atoms with E-state index >= 15 is 0 Å². The second kappa shape index (κ2) is 8.28. The number of oxazole rings is 1. The average molecular weight is 359 g/mol. The van der Waals surface area contributed by atoms with Crippen LogP contribution in [0.3, 0.4) is 0 Å². The molecule has 2 N–H and O–H groups in total. The van der Waals surface area contributed by atoms with Crippen molar-refractivity contribution in [2.45, 2.75) is 39.8 Å². The molecule has 26 heavy (non-hydrogen) atoms. The van der Waals surface area contributed by atoms with Gasteiger partial charge in [0.15, 0.2) is 11.8 Å². The van der Waals surface area contributed by atoms with Crippen LogP contribution in [0.25, 0.3) is 11.5 Å². The molecule has 3 amide bonds. The van der Waals surface area contributed by atoms with Crippen molar-refractivity contribution < 1.29 is 23.5 Å². The van der Waals surface area contributed by atoms with Gasteiger partial charge in [-0.25, -0.2) is 14.6 Å².